The van der Waals surface area contributed by atoms with Crippen LogP contribution < -0.4 is 9.47 Å². The third-order valence-electron chi connectivity index (χ3n) is 4.28. The van der Waals surface area contributed by atoms with Crippen molar-refractivity contribution < 1.29 is 14.3 Å². The molecule has 0 spiro atoms. The maximum Gasteiger partial charge on any atom is 0.257 e. The lowest BCUT2D eigenvalue weighted by Crippen LogP contribution is -2.34. The minimum atomic E-state index is -0.0159. The summed E-state index contributed by atoms with van der Waals surface area (Å²) in [5, 5.41) is 0. The molecule has 2 aromatic carbocycles. The molecule has 0 aromatic heterocycles. The maximum atomic E-state index is 12.8. The number of rotatable bonds is 4. The Morgan fingerprint density at radius 2 is 1.83 bits per heavy atom. The molecule has 24 heavy (non-hydrogen) atoms. The topological polar surface area (TPSA) is 38.8 Å². The number of hydrogen-bond acceptors (Lipinski definition) is 3. The molecule has 0 saturated heterocycles. The van der Waals surface area contributed by atoms with Gasteiger partial charge in [0.1, 0.15) is 11.5 Å². The van der Waals surface area contributed by atoms with Crippen molar-refractivity contribution in [3.8, 4) is 11.5 Å². The summed E-state index contributed by atoms with van der Waals surface area (Å²) in [4.78, 5) is 14.6. The van der Waals surface area contributed by atoms with E-state index in [0.717, 1.165) is 6.42 Å². The molecule has 0 fully saturated rings. The van der Waals surface area contributed by atoms with Crippen molar-refractivity contribution in [3.63, 3.8) is 0 Å². The standard InChI is InChI=1S/C20H21NO3/c1-23-17-8-9-18(19(14-17)24-2)20(22)21-12-10-16(11-13-21)15-6-4-3-5-7-15/h3-10,14H,11-13H2,1-2H3. The fourth-order valence-corrected chi connectivity index (χ4v) is 2.91. The summed E-state index contributed by atoms with van der Waals surface area (Å²) in [6, 6.07) is 15.6. The van der Waals surface area contributed by atoms with Crippen molar-refractivity contribution in [1.29, 1.82) is 0 Å². The molecule has 0 atom stereocenters. The first-order valence-corrected chi connectivity index (χ1v) is 7.98. The van der Waals surface area contributed by atoms with Gasteiger partial charge in [-0.25, -0.2) is 0 Å². The first-order chi connectivity index (χ1) is 11.7. The van der Waals surface area contributed by atoms with Gasteiger partial charge >= 0.3 is 0 Å². The lowest BCUT2D eigenvalue weighted by molar-refractivity contribution is 0.0769. The van der Waals surface area contributed by atoms with E-state index in [9.17, 15) is 4.79 Å². The van der Waals surface area contributed by atoms with Crippen LogP contribution in [-0.2, 0) is 0 Å². The molecule has 2 aromatic rings. The SMILES string of the molecule is COc1ccc(C(=O)N2CC=C(c3ccccc3)CC2)c(OC)c1. The molecule has 0 unspecified atom stereocenters. The van der Waals surface area contributed by atoms with E-state index in [0.29, 0.717) is 30.2 Å². The van der Waals surface area contributed by atoms with Gasteiger partial charge in [-0.2, -0.15) is 0 Å². The van der Waals surface area contributed by atoms with E-state index in [2.05, 4.69) is 18.2 Å². The quantitative estimate of drug-likeness (QED) is 0.862. The Morgan fingerprint density at radius 1 is 1.04 bits per heavy atom. The first kappa shape index (κ1) is 16.1. The predicted octanol–water partition coefficient (Wildman–Crippen LogP) is 3.63. The van der Waals surface area contributed by atoms with Crippen LogP contribution in [0, 0.1) is 0 Å². The second-order valence-corrected chi connectivity index (χ2v) is 5.66. The smallest absolute Gasteiger partial charge is 0.257 e. The van der Waals surface area contributed by atoms with E-state index in [-0.39, 0.29) is 5.91 Å². The van der Waals surface area contributed by atoms with Crippen LogP contribution in [0.1, 0.15) is 22.3 Å². The molecule has 0 bridgehead atoms. The van der Waals surface area contributed by atoms with Crippen LogP contribution in [0.2, 0.25) is 0 Å². The van der Waals surface area contributed by atoms with Crippen LogP contribution in [0.3, 0.4) is 0 Å². The van der Waals surface area contributed by atoms with E-state index in [1.807, 2.05) is 23.1 Å². The summed E-state index contributed by atoms with van der Waals surface area (Å²) in [6.45, 7) is 1.31. The Morgan fingerprint density at radius 3 is 2.46 bits per heavy atom. The van der Waals surface area contributed by atoms with Gasteiger partial charge in [0.15, 0.2) is 0 Å². The van der Waals surface area contributed by atoms with Crippen molar-refractivity contribution in [1.82, 2.24) is 4.90 Å². The Kier molecular flexibility index (Phi) is 4.85. The largest absolute Gasteiger partial charge is 0.497 e. The second kappa shape index (κ2) is 7.21. The summed E-state index contributed by atoms with van der Waals surface area (Å²) >= 11 is 0. The van der Waals surface area contributed by atoms with Gasteiger partial charge in [-0.3, -0.25) is 4.79 Å². The molecular formula is C20H21NO3. The zero-order valence-corrected chi connectivity index (χ0v) is 14.0. The summed E-state index contributed by atoms with van der Waals surface area (Å²) in [7, 11) is 3.16. The van der Waals surface area contributed by atoms with Crippen LogP contribution in [-0.4, -0.2) is 38.1 Å². The predicted molar refractivity (Wildman–Crippen MR) is 94.5 cm³/mol. The average Bonchev–Trinajstić information content (AvgIpc) is 2.67. The van der Waals surface area contributed by atoms with Gasteiger partial charge < -0.3 is 14.4 Å². The molecule has 0 saturated carbocycles. The molecule has 0 N–H and O–H groups in total. The molecule has 0 radical (unpaired) electrons. The monoisotopic (exact) mass is 323 g/mol. The van der Waals surface area contributed by atoms with Gasteiger partial charge in [-0.05, 0) is 29.7 Å². The van der Waals surface area contributed by atoms with Crippen molar-refractivity contribution in [2.24, 2.45) is 0 Å². The van der Waals surface area contributed by atoms with Crippen molar-refractivity contribution >= 4 is 11.5 Å². The fraction of sp³-hybridized carbons (Fsp3) is 0.250. The van der Waals surface area contributed by atoms with Crippen LogP contribution >= 0.6 is 0 Å². The average molecular weight is 323 g/mol. The van der Waals surface area contributed by atoms with Gasteiger partial charge in [-0.15, -0.1) is 0 Å². The van der Waals surface area contributed by atoms with Crippen molar-refractivity contribution in [2.45, 2.75) is 6.42 Å². The second-order valence-electron chi connectivity index (χ2n) is 5.66. The molecule has 0 aliphatic carbocycles. The molecule has 4 heteroatoms. The van der Waals surface area contributed by atoms with Gasteiger partial charge in [0.05, 0.1) is 19.8 Å². The Bertz CT molecular complexity index is 753. The lowest BCUT2D eigenvalue weighted by Gasteiger charge is -2.27. The highest BCUT2D eigenvalue weighted by atomic mass is 16.5. The summed E-state index contributed by atoms with van der Waals surface area (Å²) in [5.41, 5.74) is 3.09. The van der Waals surface area contributed by atoms with Gasteiger partial charge in [0.25, 0.3) is 5.91 Å². The molecule has 1 heterocycles. The molecule has 1 amide bonds. The zero-order chi connectivity index (χ0) is 16.9. The highest BCUT2D eigenvalue weighted by Gasteiger charge is 2.22. The lowest BCUT2D eigenvalue weighted by atomic mass is 9.99. The first-order valence-electron chi connectivity index (χ1n) is 7.98. The van der Waals surface area contributed by atoms with Crippen LogP contribution in [0.15, 0.2) is 54.6 Å². The highest BCUT2D eigenvalue weighted by molar-refractivity contribution is 5.97. The van der Waals surface area contributed by atoms with E-state index >= 15 is 0 Å². The van der Waals surface area contributed by atoms with Crippen molar-refractivity contribution in [3.05, 3.63) is 65.7 Å². The zero-order valence-electron chi connectivity index (χ0n) is 14.0. The van der Waals surface area contributed by atoms with Crippen LogP contribution in [0.25, 0.3) is 5.57 Å². The Labute approximate surface area is 142 Å². The number of nitrogens with zero attached hydrogens (tertiary/aromatic N) is 1. The van der Waals surface area contributed by atoms with Crippen molar-refractivity contribution in [2.75, 3.05) is 27.3 Å². The minimum Gasteiger partial charge on any atom is -0.497 e. The van der Waals surface area contributed by atoms with E-state index in [4.69, 9.17) is 9.47 Å². The number of benzene rings is 2. The number of carbonyl (C=O) groups excluding carboxylic acids is 1. The summed E-state index contributed by atoms with van der Waals surface area (Å²) < 4.78 is 10.5. The number of amides is 1. The Hall–Kier alpha value is -2.75. The third kappa shape index (κ3) is 3.27. The third-order valence-corrected chi connectivity index (χ3v) is 4.28. The van der Waals surface area contributed by atoms with Gasteiger partial charge in [0, 0.05) is 19.2 Å². The molecule has 1 aliphatic rings. The molecule has 1 aliphatic heterocycles. The van der Waals surface area contributed by atoms with Crippen LogP contribution in [0.4, 0.5) is 0 Å². The summed E-state index contributed by atoms with van der Waals surface area (Å²) in [5.74, 6) is 1.20. The number of carbonyl (C=O) groups is 1. The summed E-state index contributed by atoms with van der Waals surface area (Å²) in [6.07, 6.45) is 2.99. The highest BCUT2D eigenvalue weighted by Crippen LogP contribution is 2.28. The molecule has 4 nitrogen and oxygen atoms in total. The normalized spacial score (nSPS) is 14.1. The Balaban J connectivity index is 1.77. The minimum absolute atomic E-state index is 0.0159. The number of ether oxygens (including phenoxy) is 2. The van der Waals surface area contributed by atoms with E-state index in [1.54, 1.807) is 32.4 Å². The maximum absolute atomic E-state index is 12.8. The fourth-order valence-electron chi connectivity index (χ4n) is 2.91. The van der Waals surface area contributed by atoms with E-state index < -0.39 is 0 Å². The van der Waals surface area contributed by atoms with E-state index in [1.165, 1.54) is 11.1 Å². The number of methoxy groups -OCH3 is 2. The molecular weight excluding hydrogens is 302 g/mol. The van der Waals surface area contributed by atoms with Gasteiger partial charge in [0.2, 0.25) is 0 Å². The molecule has 3 rings (SSSR count). The van der Waals surface area contributed by atoms with Gasteiger partial charge in [-0.1, -0.05) is 36.4 Å². The van der Waals surface area contributed by atoms with Crippen LogP contribution in [0.5, 0.6) is 11.5 Å². The molecule has 124 valence electrons. The number of hydrogen-bond donors (Lipinski definition) is 0.